The summed E-state index contributed by atoms with van der Waals surface area (Å²) in [6, 6.07) is 0. The summed E-state index contributed by atoms with van der Waals surface area (Å²) in [6.45, 7) is 11.2. The number of hydrogen-bond acceptors (Lipinski definition) is 3. The van der Waals surface area contributed by atoms with Gasteiger partial charge in [0, 0.05) is 0 Å². The van der Waals surface area contributed by atoms with E-state index in [0.717, 1.165) is 25.7 Å². The molecule has 0 spiro atoms. The molecule has 0 saturated heterocycles. The van der Waals surface area contributed by atoms with Crippen LogP contribution in [0, 0.1) is 5.92 Å². The maximum absolute atomic E-state index is 11.4. The normalized spacial score (nSPS) is 10.2. The Hall–Kier alpha value is -1.58. The number of carboxylic acid groups (broad SMARTS) is 1. The van der Waals surface area contributed by atoms with Gasteiger partial charge in [0.15, 0.2) is 0 Å². The average molecular weight is 254 g/mol. The molecule has 0 bridgehead atoms. The van der Waals surface area contributed by atoms with Gasteiger partial charge in [-0.15, -0.1) is 0 Å². The van der Waals surface area contributed by atoms with Gasteiger partial charge in [-0.05, 0) is 12.3 Å². The quantitative estimate of drug-likeness (QED) is 0.297. The first-order chi connectivity index (χ1) is 8.36. The lowest BCUT2D eigenvalue weighted by Gasteiger charge is -2.07. The van der Waals surface area contributed by atoms with E-state index in [9.17, 15) is 9.59 Å². The lowest BCUT2D eigenvalue weighted by atomic mass is 10.1. The predicted octanol–water partition coefficient (Wildman–Crippen LogP) is 2.94. The van der Waals surface area contributed by atoms with E-state index in [1.54, 1.807) is 0 Å². The molecule has 0 amide bonds. The van der Waals surface area contributed by atoms with Crippen molar-refractivity contribution in [2.45, 2.75) is 39.5 Å². The first-order valence-electron chi connectivity index (χ1n) is 6.14. The Bertz CT molecular complexity index is 329. The number of aliphatic carboxylic acids is 1. The fourth-order valence-electron chi connectivity index (χ4n) is 1.34. The van der Waals surface area contributed by atoms with Crippen LogP contribution in [0.2, 0.25) is 0 Å². The molecule has 4 nitrogen and oxygen atoms in total. The molecule has 0 saturated carbocycles. The molecular weight excluding hydrogens is 232 g/mol. The van der Waals surface area contributed by atoms with Gasteiger partial charge in [0.25, 0.3) is 0 Å². The Balaban J connectivity index is 3.75. The van der Waals surface area contributed by atoms with Crippen LogP contribution in [0.25, 0.3) is 0 Å². The highest BCUT2D eigenvalue weighted by atomic mass is 16.5. The summed E-state index contributed by atoms with van der Waals surface area (Å²) in [7, 11) is 0. The Morgan fingerprint density at radius 3 is 2.22 bits per heavy atom. The fraction of sp³-hybridized carbons (Fsp3) is 0.571. The second-order valence-corrected chi connectivity index (χ2v) is 4.64. The van der Waals surface area contributed by atoms with Crippen molar-refractivity contribution in [2.75, 3.05) is 6.61 Å². The molecule has 0 aromatic rings. The molecule has 4 heteroatoms. The van der Waals surface area contributed by atoms with E-state index in [4.69, 9.17) is 9.84 Å². The Morgan fingerprint density at radius 2 is 1.72 bits per heavy atom. The number of esters is 1. The van der Waals surface area contributed by atoms with Crippen LogP contribution in [0.15, 0.2) is 24.3 Å². The molecule has 0 aliphatic heterocycles. The minimum absolute atomic E-state index is 0.190. The summed E-state index contributed by atoms with van der Waals surface area (Å²) < 4.78 is 4.92. The molecule has 0 unspecified atom stereocenters. The van der Waals surface area contributed by atoms with Gasteiger partial charge >= 0.3 is 11.9 Å². The van der Waals surface area contributed by atoms with Crippen LogP contribution in [-0.4, -0.2) is 23.7 Å². The molecule has 0 radical (unpaired) electrons. The molecule has 0 aliphatic carbocycles. The monoisotopic (exact) mass is 254 g/mol. The van der Waals surface area contributed by atoms with E-state index in [2.05, 4.69) is 27.0 Å². The van der Waals surface area contributed by atoms with Crippen molar-refractivity contribution in [1.82, 2.24) is 0 Å². The van der Waals surface area contributed by atoms with Crippen LogP contribution in [0.1, 0.15) is 39.5 Å². The lowest BCUT2D eigenvalue weighted by Crippen LogP contribution is -2.13. The Kier molecular flexibility index (Phi) is 7.76. The first kappa shape index (κ1) is 16.4. The van der Waals surface area contributed by atoms with Crippen LogP contribution in [0.3, 0.4) is 0 Å². The van der Waals surface area contributed by atoms with E-state index >= 15 is 0 Å². The molecule has 1 N–H and O–H groups in total. The highest BCUT2D eigenvalue weighted by Crippen LogP contribution is 2.10. The number of unbranched alkanes of at least 4 members (excludes halogenated alkanes) is 2. The maximum Gasteiger partial charge on any atom is 0.338 e. The van der Waals surface area contributed by atoms with Crippen LogP contribution in [0.5, 0.6) is 0 Å². The Morgan fingerprint density at radius 1 is 1.11 bits per heavy atom. The zero-order valence-electron chi connectivity index (χ0n) is 11.2. The van der Waals surface area contributed by atoms with Gasteiger partial charge in [0.2, 0.25) is 0 Å². The number of carboxylic acids is 1. The van der Waals surface area contributed by atoms with Crippen LogP contribution >= 0.6 is 0 Å². The number of hydrogen-bond donors (Lipinski definition) is 1. The van der Waals surface area contributed by atoms with Crippen molar-refractivity contribution in [2.24, 2.45) is 5.92 Å². The van der Waals surface area contributed by atoms with E-state index < -0.39 is 11.9 Å². The molecule has 0 fully saturated rings. The summed E-state index contributed by atoms with van der Waals surface area (Å²) in [5.74, 6) is -1.27. The van der Waals surface area contributed by atoms with Crippen LogP contribution in [-0.2, 0) is 14.3 Å². The smallest absolute Gasteiger partial charge is 0.338 e. The zero-order valence-corrected chi connectivity index (χ0v) is 11.2. The van der Waals surface area contributed by atoms with Crippen LogP contribution in [0.4, 0.5) is 0 Å². The minimum atomic E-state index is -1.26. The van der Waals surface area contributed by atoms with Gasteiger partial charge in [-0.3, -0.25) is 0 Å². The van der Waals surface area contributed by atoms with Gasteiger partial charge in [-0.1, -0.05) is 46.3 Å². The van der Waals surface area contributed by atoms with Crippen molar-refractivity contribution in [3.8, 4) is 0 Å². The van der Waals surface area contributed by atoms with Crippen LogP contribution < -0.4 is 0 Å². The van der Waals surface area contributed by atoms with E-state index in [1.807, 2.05) is 0 Å². The molecule has 0 rings (SSSR count). The van der Waals surface area contributed by atoms with E-state index in [0.29, 0.717) is 12.5 Å². The number of carbonyl (C=O) groups is 2. The highest BCUT2D eigenvalue weighted by Gasteiger charge is 2.16. The molecule has 18 heavy (non-hydrogen) atoms. The highest BCUT2D eigenvalue weighted by molar-refractivity contribution is 6.05. The minimum Gasteiger partial charge on any atom is -0.478 e. The molecule has 0 aromatic carbocycles. The van der Waals surface area contributed by atoms with Crippen molar-refractivity contribution in [3.05, 3.63) is 24.3 Å². The maximum atomic E-state index is 11.4. The Labute approximate surface area is 108 Å². The summed E-state index contributed by atoms with van der Waals surface area (Å²) in [4.78, 5) is 21.9. The van der Waals surface area contributed by atoms with Gasteiger partial charge < -0.3 is 9.84 Å². The third-order valence-corrected chi connectivity index (χ3v) is 2.53. The number of ether oxygens (including phenoxy) is 1. The molecule has 102 valence electrons. The zero-order chi connectivity index (χ0) is 14.1. The second-order valence-electron chi connectivity index (χ2n) is 4.64. The lowest BCUT2D eigenvalue weighted by molar-refractivity contribution is -0.140. The van der Waals surface area contributed by atoms with Gasteiger partial charge in [0.1, 0.15) is 0 Å². The summed E-state index contributed by atoms with van der Waals surface area (Å²) in [5.41, 5.74) is -0.510. The number of carbonyl (C=O) groups excluding carboxylic acids is 1. The van der Waals surface area contributed by atoms with Gasteiger partial charge in [-0.2, -0.15) is 0 Å². The fourth-order valence-corrected chi connectivity index (χ4v) is 1.34. The third-order valence-electron chi connectivity index (χ3n) is 2.53. The third kappa shape index (κ3) is 6.89. The number of rotatable bonds is 9. The van der Waals surface area contributed by atoms with Gasteiger partial charge in [-0.25, -0.2) is 9.59 Å². The average Bonchev–Trinajstić information content (AvgIpc) is 2.30. The molecular formula is C14H22O4. The topological polar surface area (TPSA) is 63.6 Å². The molecule has 0 aliphatic rings. The van der Waals surface area contributed by atoms with E-state index in [-0.39, 0.29) is 11.1 Å². The molecule has 0 atom stereocenters. The molecule has 0 heterocycles. The van der Waals surface area contributed by atoms with Crippen molar-refractivity contribution in [1.29, 1.82) is 0 Å². The molecule has 0 aromatic heterocycles. The standard InChI is InChI=1S/C14H22O4/c1-10(2)8-6-5-7-9-18-14(17)12(4)11(3)13(15)16/h10H,3-9H2,1-2H3,(H,15,16). The summed E-state index contributed by atoms with van der Waals surface area (Å²) in [6.07, 6.45) is 4.05. The van der Waals surface area contributed by atoms with Crippen molar-refractivity contribution in [3.63, 3.8) is 0 Å². The SMILES string of the molecule is C=C(C(=C)C(=O)OCCCCCC(C)C)C(=O)O. The summed E-state index contributed by atoms with van der Waals surface area (Å²) in [5, 5.41) is 8.63. The van der Waals surface area contributed by atoms with Crippen molar-refractivity contribution < 1.29 is 19.4 Å². The largest absolute Gasteiger partial charge is 0.478 e. The van der Waals surface area contributed by atoms with E-state index in [1.165, 1.54) is 0 Å². The van der Waals surface area contributed by atoms with Gasteiger partial charge in [0.05, 0.1) is 17.8 Å². The predicted molar refractivity (Wildman–Crippen MR) is 70.2 cm³/mol. The van der Waals surface area contributed by atoms with Crippen molar-refractivity contribution >= 4 is 11.9 Å². The summed E-state index contributed by atoms with van der Waals surface area (Å²) >= 11 is 0. The first-order valence-corrected chi connectivity index (χ1v) is 6.14. The second kappa shape index (κ2) is 8.50.